The van der Waals surface area contributed by atoms with Crippen molar-refractivity contribution in [3.63, 3.8) is 0 Å². The van der Waals surface area contributed by atoms with Gasteiger partial charge in [-0.2, -0.15) is 0 Å². The van der Waals surface area contributed by atoms with E-state index in [1.807, 2.05) is 31.2 Å². The van der Waals surface area contributed by atoms with Crippen LogP contribution in [-0.4, -0.2) is 17.6 Å². The van der Waals surface area contributed by atoms with Gasteiger partial charge < -0.3 is 0 Å². The maximum atomic E-state index is 13.6. The number of nitrogens with zero attached hydrogens (tertiary/aromatic N) is 2. The Morgan fingerprint density at radius 3 is 2.23 bits per heavy atom. The molecule has 3 aromatic carbocycles. The van der Waals surface area contributed by atoms with Gasteiger partial charge in [-0.25, -0.2) is 17.6 Å². The lowest BCUT2D eigenvalue weighted by molar-refractivity contribution is 0.595. The Hall–Kier alpha value is -3.04. The van der Waals surface area contributed by atoms with Crippen LogP contribution in [0.15, 0.2) is 80.1 Å². The summed E-state index contributed by atoms with van der Waals surface area (Å²) in [6, 6.07) is 16.1. The van der Waals surface area contributed by atoms with Crippen LogP contribution >= 0.6 is 11.8 Å². The monoisotopic (exact) mass is 457 g/mol. The third kappa shape index (κ3) is 4.11. The third-order valence-electron chi connectivity index (χ3n) is 4.97. The molecule has 0 fully saturated rings. The first-order valence-corrected chi connectivity index (χ1v) is 11.7. The Balaban J connectivity index is 1.86. The summed E-state index contributed by atoms with van der Waals surface area (Å²) >= 11 is 1.37. The molecule has 4 rings (SSSR count). The zero-order valence-electron chi connectivity index (χ0n) is 17.1. The van der Waals surface area contributed by atoms with Crippen LogP contribution in [0.3, 0.4) is 0 Å². The van der Waals surface area contributed by atoms with E-state index in [1.165, 1.54) is 39.1 Å². The average Bonchev–Trinajstić information content (AvgIpc) is 2.93. The van der Waals surface area contributed by atoms with Gasteiger partial charge in [0.2, 0.25) is 0 Å². The molecule has 0 atom stereocenters. The van der Waals surface area contributed by atoms with Gasteiger partial charge in [0.1, 0.15) is 5.82 Å². The molecule has 0 spiro atoms. The van der Waals surface area contributed by atoms with Gasteiger partial charge in [0, 0.05) is 23.9 Å². The molecule has 0 radical (unpaired) electrons. The molecule has 0 saturated heterocycles. The molecule has 0 aliphatic rings. The summed E-state index contributed by atoms with van der Waals surface area (Å²) in [6.07, 6.45) is 0. The van der Waals surface area contributed by atoms with Crippen molar-refractivity contribution in [3.8, 4) is 0 Å². The number of hydrogen-bond donors (Lipinski definition) is 1. The van der Waals surface area contributed by atoms with Crippen molar-refractivity contribution in [1.82, 2.24) is 9.13 Å². The highest BCUT2D eigenvalue weighted by Gasteiger charge is 2.20. The van der Waals surface area contributed by atoms with Gasteiger partial charge in [0.25, 0.3) is 10.0 Å². The molecule has 9 heteroatoms. The van der Waals surface area contributed by atoms with Crippen molar-refractivity contribution in [3.05, 3.63) is 82.5 Å². The number of benzene rings is 3. The molecule has 1 aromatic heterocycles. The van der Waals surface area contributed by atoms with E-state index in [9.17, 15) is 17.6 Å². The van der Waals surface area contributed by atoms with Crippen LogP contribution in [-0.2, 0) is 24.1 Å². The summed E-state index contributed by atoms with van der Waals surface area (Å²) < 4.78 is 45.0. The lowest BCUT2D eigenvalue weighted by atomic mass is 10.2. The smallest absolute Gasteiger partial charge is 0.295 e. The first-order valence-electron chi connectivity index (χ1n) is 9.38. The number of sulfonamides is 1. The minimum absolute atomic E-state index is 0.180. The second-order valence-electron chi connectivity index (χ2n) is 7.22. The first kappa shape index (κ1) is 21.2. The molecule has 6 nitrogen and oxygen atoms in total. The number of rotatable bonds is 5. The summed E-state index contributed by atoms with van der Waals surface area (Å²) in [6.45, 7) is 1.98. The fourth-order valence-electron chi connectivity index (χ4n) is 3.26. The second kappa shape index (κ2) is 7.90. The molecule has 0 amide bonds. The Labute approximate surface area is 183 Å². The largest absolute Gasteiger partial charge is 0.328 e. The number of anilines is 1. The Morgan fingerprint density at radius 2 is 1.58 bits per heavy atom. The van der Waals surface area contributed by atoms with Gasteiger partial charge in [-0.3, -0.25) is 13.9 Å². The predicted octanol–water partition coefficient (Wildman–Crippen LogP) is 4.28. The van der Waals surface area contributed by atoms with Crippen LogP contribution in [0.25, 0.3) is 11.0 Å². The maximum Gasteiger partial charge on any atom is 0.328 e. The molecular formula is C22H20FN3O3S2. The number of halogens is 1. The zero-order valence-corrected chi connectivity index (χ0v) is 18.7. The number of aromatic nitrogens is 2. The molecule has 0 bridgehead atoms. The minimum Gasteiger partial charge on any atom is -0.295 e. The predicted molar refractivity (Wildman–Crippen MR) is 121 cm³/mol. The van der Waals surface area contributed by atoms with Crippen LogP contribution in [0, 0.1) is 12.7 Å². The van der Waals surface area contributed by atoms with Crippen LogP contribution in [0.4, 0.5) is 10.1 Å². The molecular weight excluding hydrogens is 437 g/mol. The Kier molecular flexibility index (Phi) is 5.40. The minimum atomic E-state index is -4.04. The Bertz CT molecular complexity index is 1460. The van der Waals surface area contributed by atoms with Crippen molar-refractivity contribution in [1.29, 1.82) is 0 Å². The van der Waals surface area contributed by atoms with E-state index in [0.717, 1.165) is 16.5 Å². The van der Waals surface area contributed by atoms with Gasteiger partial charge >= 0.3 is 5.69 Å². The normalized spacial score (nSPS) is 11.7. The SMILES string of the molecule is Cc1ccc(Sc2cc3c(cc2NS(=O)(=O)c2cccc(F)c2)n(C)c(=O)n3C)cc1. The summed E-state index contributed by atoms with van der Waals surface area (Å²) in [5.41, 5.74) is 2.46. The van der Waals surface area contributed by atoms with Gasteiger partial charge in [-0.05, 0) is 49.4 Å². The quantitative estimate of drug-likeness (QED) is 0.486. The molecule has 0 saturated carbocycles. The maximum absolute atomic E-state index is 13.6. The standard InChI is InChI=1S/C22H20FN3O3S2/c1-14-7-9-16(10-8-14)30-21-13-20-19(25(2)22(27)26(20)3)12-18(21)24-31(28,29)17-6-4-5-15(23)11-17/h4-13,24H,1-3H3. The van der Waals surface area contributed by atoms with Crippen molar-refractivity contribution >= 4 is 38.5 Å². The fraction of sp³-hybridized carbons (Fsp3) is 0.136. The molecule has 0 aliphatic heterocycles. The second-order valence-corrected chi connectivity index (χ2v) is 10.0. The number of imidazole rings is 1. The van der Waals surface area contributed by atoms with Gasteiger partial charge in [0.05, 0.1) is 21.6 Å². The van der Waals surface area contributed by atoms with Crippen LogP contribution < -0.4 is 10.4 Å². The summed E-state index contributed by atoms with van der Waals surface area (Å²) in [4.78, 5) is 13.7. The van der Waals surface area contributed by atoms with E-state index in [0.29, 0.717) is 21.6 Å². The molecule has 0 unspecified atom stereocenters. The van der Waals surface area contributed by atoms with E-state index in [1.54, 1.807) is 26.2 Å². The average molecular weight is 458 g/mol. The molecule has 0 aliphatic carbocycles. The van der Waals surface area contributed by atoms with Crippen LogP contribution in [0.1, 0.15) is 5.56 Å². The third-order valence-corrected chi connectivity index (χ3v) is 7.40. The van der Waals surface area contributed by atoms with Crippen molar-refractivity contribution < 1.29 is 12.8 Å². The fourth-order valence-corrected chi connectivity index (χ4v) is 5.34. The zero-order chi connectivity index (χ0) is 22.3. The van der Waals surface area contributed by atoms with Crippen LogP contribution in [0.2, 0.25) is 0 Å². The lowest BCUT2D eigenvalue weighted by Crippen LogP contribution is -2.19. The van der Waals surface area contributed by atoms with Crippen molar-refractivity contribution in [2.45, 2.75) is 21.6 Å². The van der Waals surface area contributed by atoms with E-state index < -0.39 is 15.8 Å². The molecule has 31 heavy (non-hydrogen) atoms. The number of aryl methyl sites for hydroxylation is 3. The molecule has 1 heterocycles. The highest BCUT2D eigenvalue weighted by Crippen LogP contribution is 2.37. The highest BCUT2D eigenvalue weighted by molar-refractivity contribution is 7.99. The highest BCUT2D eigenvalue weighted by atomic mass is 32.2. The molecule has 1 N–H and O–H groups in total. The van der Waals surface area contributed by atoms with Crippen molar-refractivity contribution in [2.75, 3.05) is 4.72 Å². The van der Waals surface area contributed by atoms with Gasteiger partial charge in [0.15, 0.2) is 0 Å². The van der Waals surface area contributed by atoms with E-state index in [-0.39, 0.29) is 10.6 Å². The van der Waals surface area contributed by atoms with Crippen LogP contribution in [0.5, 0.6) is 0 Å². The van der Waals surface area contributed by atoms with E-state index in [4.69, 9.17) is 0 Å². The Morgan fingerprint density at radius 1 is 0.935 bits per heavy atom. The number of fused-ring (bicyclic) bond motifs is 1. The van der Waals surface area contributed by atoms with Gasteiger partial charge in [-0.1, -0.05) is 35.5 Å². The number of nitrogens with one attached hydrogen (secondary N) is 1. The lowest BCUT2D eigenvalue weighted by Gasteiger charge is -2.14. The summed E-state index contributed by atoms with van der Waals surface area (Å²) in [5, 5.41) is 0. The first-order chi connectivity index (χ1) is 14.7. The van der Waals surface area contributed by atoms with E-state index in [2.05, 4.69) is 4.72 Å². The summed E-state index contributed by atoms with van der Waals surface area (Å²) in [7, 11) is -0.744. The van der Waals surface area contributed by atoms with E-state index >= 15 is 0 Å². The topological polar surface area (TPSA) is 73.1 Å². The molecule has 4 aromatic rings. The van der Waals surface area contributed by atoms with Gasteiger partial charge in [-0.15, -0.1) is 0 Å². The van der Waals surface area contributed by atoms with Crippen molar-refractivity contribution in [2.24, 2.45) is 14.1 Å². The summed E-state index contributed by atoms with van der Waals surface area (Å²) in [5.74, 6) is -0.641. The number of hydrogen-bond acceptors (Lipinski definition) is 4. The molecule has 160 valence electrons.